The summed E-state index contributed by atoms with van der Waals surface area (Å²) in [7, 11) is 1.60. The highest BCUT2D eigenvalue weighted by Crippen LogP contribution is 2.40. The summed E-state index contributed by atoms with van der Waals surface area (Å²) in [6.07, 6.45) is 3.65. The van der Waals surface area contributed by atoms with Crippen LogP contribution in [0.5, 0.6) is 17.4 Å². The molecule has 9 nitrogen and oxygen atoms in total. The number of rotatable bonds is 9. The van der Waals surface area contributed by atoms with E-state index in [1.54, 1.807) is 31.5 Å². The smallest absolute Gasteiger partial charge is 0.255 e. The van der Waals surface area contributed by atoms with Crippen LogP contribution in [0.2, 0.25) is 0 Å². The third-order valence-corrected chi connectivity index (χ3v) is 6.96. The van der Waals surface area contributed by atoms with Gasteiger partial charge in [0.25, 0.3) is 5.91 Å². The van der Waals surface area contributed by atoms with Gasteiger partial charge in [0.15, 0.2) is 5.75 Å². The van der Waals surface area contributed by atoms with Gasteiger partial charge in [-0.3, -0.25) is 9.69 Å². The monoisotopic (exact) mass is 550 g/mol. The Morgan fingerprint density at radius 2 is 1.87 bits per heavy atom. The summed E-state index contributed by atoms with van der Waals surface area (Å²) in [6, 6.07) is 11.2. The highest BCUT2D eigenvalue weighted by molar-refractivity contribution is 7.99. The molecule has 1 fully saturated rings. The molecule has 0 radical (unpaired) electrons. The third-order valence-electron chi connectivity index (χ3n) is 6.54. The van der Waals surface area contributed by atoms with Gasteiger partial charge in [0.2, 0.25) is 5.88 Å². The van der Waals surface area contributed by atoms with E-state index in [1.807, 2.05) is 25.3 Å². The predicted octanol–water partition coefficient (Wildman–Crippen LogP) is 5.23. The number of nitrogens with one attached hydrogen (secondary N) is 3. The Kier molecular flexibility index (Phi) is 9.32. The van der Waals surface area contributed by atoms with Crippen molar-refractivity contribution in [2.24, 2.45) is 0 Å². The number of methoxy groups -OCH3 is 1. The average molecular weight is 551 g/mol. The summed E-state index contributed by atoms with van der Waals surface area (Å²) < 4.78 is 15.1. The van der Waals surface area contributed by atoms with Gasteiger partial charge in [-0.25, -0.2) is 4.98 Å². The highest BCUT2D eigenvalue weighted by atomic mass is 32.2. The molecule has 3 aromatic rings. The maximum Gasteiger partial charge on any atom is 0.255 e. The minimum Gasteiger partial charge on any atom is -0.492 e. The number of aryl methyl sites for hydroxylation is 1. The Morgan fingerprint density at radius 1 is 1.13 bits per heavy atom. The molecular formula is C29H38N6O3S. The molecule has 1 saturated heterocycles. The number of amides is 1. The van der Waals surface area contributed by atoms with Crippen LogP contribution in [0.1, 0.15) is 48.1 Å². The van der Waals surface area contributed by atoms with Gasteiger partial charge in [-0.2, -0.15) is 4.98 Å². The van der Waals surface area contributed by atoms with Crippen LogP contribution in [0.25, 0.3) is 0 Å². The normalized spacial score (nSPS) is 14.1. The fraction of sp³-hybridized carbons (Fsp3) is 0.414. The van der Waals surface area contributed by atoms with Crippen molar-refractivity contribution in [2.75, 3.05) is 49.6 Å². The topological polar surface area (TPSA) is 101 Å². The van der Waals surface area contributed by atoms with Crippen LogP contribution < -0.4 is 24.8 Å². The number of benzene rings is 2. The van der Waals surface area contributed by atoms with Gasteiger partial charge in [0, 0.05) is 50.3 Å². The largest absolute Gasteiger partial charge is 0.492 e. The van der Waals surface area contributed by atoms with Crippen LogP contribution >= 0.6 is 11.9 Å². The maximum atomic E-state index is 13.4. The van der Waals surface area contributed by atoms with Crippen LogP contribution in [-0.2, 0) is 12.0 Å². The zero-order valence-electron chi connectivity index (χ0n) is 23.6. The molecule has 1 aliphatic heterocycles. The lowest BCUT2D eigenvalue weighted by molar-refractivity contribution is 0.102. The molecule has 0 spiro atoms. The van der Waals surface area contributed by atoms with Gasteiger partial charge >= 0.3 is 0 Å². The number of hydrogen-bond acceptors (Lipinski definition) is 9. The number of hydrogen-bond donors (Lipinski definition) is 3. The van der Waals surface area contributed by atoms with Gasteiger partial charge < -0.3 is 24.8 Å². The molecule has 0 saturated carbocycles. The quantitative estimate of drug-likeness (QED) is 0.309. The summed E-state index contributed by atoms with van der Waals surface area (Å²) in [6.45, 7) is 12.9. The number of ether oxygens (including phenoxy) is 2. The van der Waals surface area contributed by atoms with Gasteiger partial charge in [0.05, 0.1) is 25.0 Å². The van der Waals surface area contributed by atoms with Gasteiger partial charge in [-0.05, 0) is 47.7 Å². The number of aromatic nitrogens is 2. The minimum absolute atomic E-state index is 0.118. The van der Waals surface area contributed by atoms with E-state index in [4.69, 9.17) is 9.47 Å². The third kappa shape index (κ3) is 7.40. The second-order valence-corrected chi connectivity index (χ2v) is 11.1. The molecule has 0 bridgehead atoms. The van der Waals surface area contributed by atoms with Crippen LogP contribution in [0.4, 0.5) is 11.4 Å². The summed E-state index contributed by atoms with van der Waals surface area (Å²) in [5, 5.41) is 6.40. The van der Waals surface area contributed by atoms with Crippen molar-refractivity contribution in [3.63, 3.8) is 0 Å². The maximum absolute atomic E-state index is 13.4. The number of carbonyl (C=O) groups excluding carboxylic acids is 1. The highest BCUT2D eigenvalue weighted by Gasteiger charge is 2.21. The van der Waals surface area contributed by atoms with Crippen LogP contribution in [0.3, 0.4) is 0 Å². The average Bonchev–Trinajstić information content (AvgIpc) is 2.90. The molecule has 3 N–H and O–H groups in total. The van der Waals surface area contributed by atoms with Crippen molar-refractivity contribution in [1.82, 2.24) is 20.2 Å². The molecule has 1 aliphatic rings. The van der Waals surface area contributed by atoms with Crippen molar-refractivity contribution in [2.45, 2.75) is 39.7 Å². The van der Waals surface area contributed by atoms with E-state index >= 15 is 0 Å². The Hall–Kier alpha value is -3.34. The molecule has 0 aliphatic carbocycles. The Balaban J connectivity index is 1.55. The standard InChI is InChI=1S/C29H38N6O3S/c1-19-7-8-20(15-24(19)38-26-9-10-31-25(33-26)18-35-13-11-30-12-14-35)28(36)32-22-16-21(29(2,3)4)17-23(34-39-6)27(22)37-5/h7-10,15-17,30,34H,11-14,18H2,1-6H3,(H,32,36). The minimum atomic E-state index is -0.263. The van der Waals surface area contributed by atoms with Crippen molar-refractivity contribution >= 4 is 29.2 Å². The summed E-state index contributed by atoms with van der Waals surface area (Å²) in [4.78, 5) is 24.8. The fourth-order valence-electron chi connectivity index (χ4n) is 4.30. The second kappa shape index (κ2) is 12.7. The first-order chi connectivity index (χ1) is 18.7. The molecule has 39 heavy (non-hydrogen) atoms. The first kappa shape index (κ1) is 28.7. The lowest BCUT2D eigenvalue weighted by atomic mass is 9.86. The van der Waals surface area contributed by atoms with Crippen molar-refractivity contribution < 1.29 is 14.3 Å². The van der Waals surface area contributed by atoms with E-state index in [2.05, 4.69) is 57.1 Å². The lowest BCUT2D eigenvalue weighted by Crippen LogP contribution is -2.43. The van der Waals surface area contributed by atoms with Crippen molar-refractivity contribution in [1.29, 1.82) is 0 Å². The zero-order chi connectivity index (χ0) is 28.0. The fourth-order valence-corrected chi connectivity index (χ4v) is 4.67. The molecule has 1 aromatic heterocycles. The second-order valence-electron chi connectivity index (χ2n) is 10.5. The van der Waals surface area contributed by atoms with E-state index < -0.39 is 0 Å². The van der Waals surface area contributed by atoms with Crippen LogP contribution in [0, 0.1) is 6.92 Å². The molecule has 4 rings (SSSR count). The van der Waals surface area contributed by atoms with E-state index in [0.717, 1.165) is 43.0 Å². The van der Waals surface area contributed by atoms with E-state index in [-0.39, 0.29) is 11.3 Å². The predicted molar refractivity (Wildman–Crippen MR) is 158 cm³/mol. The number of carbonyl (C=O) groups is 1. The molecular weight excluding hydrogens is 512 g/mol. The van der Waals surface area contributed by atoms with Crippen molar-refractivity contribution in [3.8, 4) is 17.4 Å². The first-order valence-electron chi connectivity index (χ1n) is 13.0. The van der Waals surface area contributed by atoms with E-state index in [0.29, 0.717) is 41.0 Å². The Labute approximate surface area is 235 Å². The summed E-state index contributed by atoms with van der Waals surface area (Å²) in [5.74, 6) is 2.04. The lowest BCUT2D eigenvalue weighted by Gasteiger charge is -2.26. The van der Waals surface area contributed by atoms with Crippen molar-refractivity contribution in [3.05, 3.63) is 65.1 Å². The number of piperazine rings is 1. The Morgan fingerprint density at radius 3 is 2.56 bits per heavy atom. The first-order valence-corrected chi connectivity index (χ1v) is 14.3. The molecule has 10 heteroatoms. The van der Waals surface area contributed by atoms with Gasteiger partial charge in [-0.1, -0.05) is 38.8 Å². The summed E-state index contributed by atoms with van der Waals surface area (Å²) in [5.41, 5.74) is 3.72. The molecule has 2 aromatic carbocycles. The summed E-state index contributed by atoms with van der Waals surface area (Å²) >= 11 is 1.47. The molecule has 1 amide bonds. The SMILES string of the molecule is COc1c(NSC)cc(C(C)(C)C)cc1NC(=O)c1ccc(C)c(Oc2ccnc(CN3CCNCC3)n2)c1. The Bertz CT molecular complexity index is 1300. The van der Waals surface area contributed by atoms with E-state index in [9.17, 15) is 4.79 Å². The number of nitrogens with zero attached hydrogens (tertiary/aromatic N) is 3. The molecule has 2 heterocycles. The molecule has 0 unspecified atom stereocenters. The molecule has 208 valence electrons. The van der Waals surface area contributed by atoms with Gasteiger partial charge in [0.1, 0.15) is 11.6 Å². The number of anilines is 2. The zero-order valence-corrected chi connectivity index (χ0v) is 24.4. The van der Waals surface area contributed by atoms with E-state index in [1.165, 1.54) is 11.9 Å². The van der Waals surface area contributed by atoms with Gasteiger partial charge in [-0.15, -0.1) is 0 Å². The molecule has 0 atom stereocenters. The van der Waals surface area contributed by atoms with Crippen LogP contribution in [0.15, 0.2) is 42.6 Å². The van der Waals surface area contributed by atoms with Crippen LogP contribution in [-0.4, -0.2) is 60.3 Å².